The number of hydrogen-bond donors (Lipinski definition) is 1. The van der Waals surface area contributed by atoms with Crippen LogP contribution in [0, 0.1) is 17.0 Å². The first-order valence-electron chi connectivity index (χ1n) is 8.42. The molecule has 0 amide bonds. The van der Waals surface area contributed by atoms with Crippen LogP contribution in [-0.4, -0.2) is 22.4 Å². The first kappa shape index (κ1) is 18.7. The highest BCUT2D eigenvalue weighted by atomic mass is 32.1. The second kappa shape index (κ2) is 8.09. The van der Waals surface area contributed by atoms with Gasteiger partial charge in [-0.15, -0.1) is 0 Å². The monoisotopic (exact) mass is 382 g/mol. The highest BCUT2D eigenvalue weighted by Crippen LogP contribution is 2.27. The van der Waals surface area contributed by atoms with Crippen LogP contribution < -0.4 is 5.32 Å². The first-order chi connectivity index (χ1) is 12.9. The molecule has 6 nitrogen and oxygen atoms in total. The van der Waals surface area contributed by atoms with E-state index in [9.17, 15) is 14.9 Å². The van der Waals surface area contributed by atoms with Crippen LogP contribution in [0.15, 0.2) is 60.2 Å². The first-order valence-corrected chi connectivity index (χ1v) is 8.83. The number of hydrogen-bond acceptors (Lipinski definition) is 6. The Bertz CT molecular complexity index is 922. The lowest BCUT2D eigenvalue weighted by atomic mass is 9.96. The Kier molecular flexibility index (Phi) is 5.61. The molecule has 0 saturated heterocycles. The molecule has 0 fully saturated rings. The van der Waals surface area contributed by atoms with Crippen molar-refractivity contribution in [3.8, 4) is 0 Å². The average molecular weight is 382 g/mol. The number of benzene rings is 2. The number of aryl methyl sites for hydroxylation is 1. The summed E-state index contributed by atoms with van der Waals surface area (Å²) < 4.78 is 5.18. The summed E-state index contributed by atoms with van der Waals surface area (Å²) in [5.41, 5.74) is 3.18. The van der Waals surface area contributed by atoms with Gasteiger partial charge in [0.15, 0.2) is 10.8 Å². The number of carbonyl (C=O) groups excluding carboxylic acids is 1. The third-order valence-electron chi connectivity index (χ3n) is 4.28. The van der Waals surface area contributed by atoms with Crippen LogP contribution in [-0.2, 0) is 9.53 Å². The van der Waals surface area contributed by atoms with E-state index < -0.39 is 4.92 Å². The van der Waals surface area contributed by atoms with Crippen molar-refractivity contribution in [3.63, 3.8) is 0 Å². The molecule has 2 aromatic rings. The van der Waals surface area contributed by atoms with Gasteiger partial charge >= 0.3 is 0 Å². The SMILES string of the molecule is Cc1cccc(C(CC(=O)C2=CCOC2=S)Nc2ccc([N+](=O)[O-])cc2)c1. The van der Waals surface area contributed by atoms with Crippen molar-refractivity contribution in [2.24, 2.45) is 0 Å². The number of anilines is 1. The Balaban J connectivity index is 1.84. The molecule has 0 aliphatic carbocycles. The van der Waals surface area contributed by atoms with Crippen LogP contribution in [0.3, 0.4) is 0 Å². The van der Waals surface area contributed by atoms with E-state index in [-0.39, 0.29) is 29.0 Å². The van der Waals surface area contributed by atoms with Crippen LogP contribution >= 0.6 is 12.2 Å². The molecule has 1 heterocycles. The average Bonchev–Trinajstić information content (AvgIpc) is 3.07. The third-order valence-corrected chi connectivity index (χ3v) is 4.61. The summed E-state index contributed by atoms with van der Waals surface area (Å²) in [6.07, 6.45) is 1.89. The number of thiocarbonyl (C=S) groups is 1. The molecule has 27 heavy (non-hydrogen) atoms. The minimum absolute atomic E-state index is 0.0161. The molecule has 0 radical (unpaired) electrons. The van der Waals surface area contributed by atoms with Crippen molar-refractivity contribution in [2.45, 2.75) is 19.4 Å². The van der Waals surface area contributed by atoms with Crippen molar-refractivity contribution in [2.75, 3.05) is 11.9 Å². The zero-order valence-electron chi connectivity index (χ0n) is 14.7. The maximum Gasteiger partial charge on any atom is 0.269 e. The van der Waals surface area contributed by atoms with E-state index in [1.165, 1.54) is 12.1 Å². The number of ether oxygens (including phenoxy) is 1. The van der Waals surface area contributed by atoms with Gasteiger partial charge < -0.3 is 10.1 Å². The molecule has 138 valence electrons. The molecule has 3 rings (SSSR count). The van der Waals surface area contributed by atoms with Crippen molar-refractivity contribution in [3.05, 3.63) is 81.4 Å². The molecular formula is C20H18N2O4S. The molecule has 2 aromatic carbocycles. The van der Waals surface area contributed by atoms with E-state index in [2.05, 4.69) is 5.32 Å². The van der Waals surface area contributed by atoms with E-state index in [1.54, 1.807) is 18.2 Å². The second-order valence-corrected chi connectivity index (χ2v) is 6.63. The zero-order valence-corrected chi connectivity index (χ0v) is 15.5. The van der Waals surface area contributed by atoms with Gasteiger partial charge in [0.2, 0.25) is 0 Å². The van der Waals surface area contributed by atoms with Gasteiger partial charge in [-0.3, -0.25) is 14.9 Å². The van der Waals surface area contributed by atoms with Gasteiger partial charge in [0, 0.05) is 24.2 Å². The minimum Gasteiger partial charge on any atom is -0.479 e. The fraction of sp³-hybridized carbons (Fsp3) is 0.200. The van der Waals surface area contributed by atoms with Crippen LogP contribution in [0.25, 0.3) is 0 Å². The number of ketones is 1. The molecule has 1 unspecified atom stereocenters. The maximum absolute atomic E-state index is 12.7. The summed E-state index contributed by atoms with van der Waals surface area (Å²) in [7, 11) is 0. The topological polar surface area (TPSA) is 81.5 Å². The normalized spacial score (nSPS) is 14.3. The van der Waals surface area contributed by atoms with Gasteiger partial charge in [0.25, 0.3) is 5.69 Å². The number of nitrogens with zero attached hydrogens (tertiary/aromatic N) is 1. The van der Waals surface area contributed by atoms with Gasteiger partial charge in [0.1, 0.15) is 6.61 Å². The zero-order chi connectivity index (χ0) is 19.4. The van der Waals surface area contributed by atoms with Crippen molar-refractivity contribution < 1.29 is 14.5 Å². The lowest BCUT2D eigenvalue weighted by molar-refractivity contribution is -0.384. The quantitative estimate of drug-likeness (QED) is 0.437. The lowest BCUT2D eigenvalue weighted by Crippen LogP contribution is -2.18. The van der Waals surface area contributed by atoms with Gasteiger partial charge in [-0.25, -0.2) is 0 Å². The highest BCUT2D eigenvalue weighted by molar-refractivity contribution is 7.80. The van der Waals surface area contributed by atoms with Gasteiger partial charge in [-0.1, -0.05) is 29.8 Å². The number of rotatable bonds is 7. The lowest BCUT2D eigenvalue weighted by Gasteiger charge is -2.20. The fourth-order valence-corrected chi connectivity index (χ4v) is 3.17. The Morgan fingerprint density at radius 1 is 1.30 bits per heavy atom. The molecule has 7 heteroatoms. The summed E-state index contributed by atoms with van der Waals surface area (Å²) in [4.78, 5) is 23.1. The Labute approximate surface area is 162 Å². The number of nitro groups is 1. The largest absolute Gasteiger partial charge is 0.479 e. The van der Waals surface area contributed by atoms with Gasteiger partial charge in [0.05, 0.1) is 16.5 Å². The second-order valence-electron chi connectivity index (χ2n) is 6.26. The van der Waals surface area contributed by atoms with Crippen LogP contribution in [0.1, 0.15) is 23.6 Å². The Morgan fingerprint density at radius 3 is 2.63 bits per heavy atom. The van der Waals surface area contributed by atoms with E-state index in [4.69, 9.17) is 17.0 Å². The van der Waals surface area contributed by atoms with Gasteiger partial charge in [-0.2, -0.15) is 0 Å². The van der Waals surface area contributed by atoms with E-state index in [0.29, 0.717) is 17.9 Å². The highest BCUT2D eigenvalue weighted by Gasteiger charge is 2.24. The summed E-state index contributed by atoms with van der Waals surface area (Å²) in [5.74, 6) is -0.0987. The predicted octanol–water partition coefficient (Wildman–Crippen LogP) is 4.30. The molecule has 1 N–H and O–H groups in total. The van der Waals surface area contributed by atoms with E-state index in [1.807, 2.05) is 31.2 Å². The van der Waals surface area contributed by atoms with Crippen molar-refractivity contribution in [1.29, 1.82) is 0 Å². The van der Waals surface area contributed by atoms with Crippen LogP contribution in [0.4, 0.5) is 11.4 Å². The standard InChI is InChI=1S/C20H18N2O4S/c1-13-3-2-4-14(11-13)18(12-19(23)17-9-10-26-20(17)27)21-15-5-7-16(8-6-15)22(24)25/h2-9,11,18,21H,10,12H2,1H3. The molecule has 0 aromatic heterocycles. The minimum atomic E-state index is -0.446. The Morgan fingerprint density at radius 2 is 2.04 bits per heavy atom. The number of non-ortho nitro benzene ring substituents is 1. The van der Waals surface area contributed by atoms with Crippen LogP contribution in [0.5, 0.6) is 0 Å². The molecule has 0 bridgehead atoms. The fourth-order valence-electron chi connectivity index (χ4n) is 2.90. The number of Topliss-reactive ketones (excluding diaryl/α,β-unsaturated/α-hetero) is 1. The molecular weight excluding hydrogens is 364 g/mol. The molecule has 0 spiro atoms. The number of nitrogens with one attached hydrogen (secondary N) is 1. The molecule has 0 saturated carbocycles. The molecule has 1 atom stereocenters. The summed E-state index contributed by atoms with van der Waals surface area (Å²) in [6, 6.07) is 13.7. The Hall–Kier alpha value is -3.06. The summed E-state index contributed by atoms with van der Waals surface area (Å²) in [6.45, 7) is 2.31. The smallest absolute Gasteiger partial charge is 0.269 e. The predicted molar refractivity (Wildman–Crippen MR) is 107 cm³/mol. The van der Waals surface area contributed by atoms with Crippen molar-refractivity contribution >= 4 is 34.4 Å². The van der Waals surface area contributed by atoms with Gasteiger partial charge in [-0.05, 0) is 42.9 Å². The van der Waals surface area contributed by atoms with E-state index in [0.717, 1.165) is 11.1 Å². The van der Waals surface area contributed by atoms with Crippen molar-refractivity contribution in [1.82, 2.24) is 0 Å². The summed E-state index contributed by atoms with van der Waals surface area (Å²) >= 11 is 5.08. The summed E-state index contributed by atoms with van der Waals surface area (Å²) in [5, 5.41) is 14.4. The van der Waals surface area contributed by atoms with Crippen LogP contribution in [0.2, 0.25) is 0 Å². The maximum atomic E-state index is 12.7. The molecule has 1 aliphatic rings. The third kappa shape index (κ3) is 4.57. The number of carbonyl (C=O) groups is 1. The number of nitro benzene ring substituents is 1. The molecule has 1 aliphatic heterocycles. The van der Waals surface area contributed by atoms with E-state index >= 15 is 0 Å².